The second kappa shape index (κ2) is 3.73. The van der Waals surface area contributed by atoms with Crippen molar-refractivity contribution < 1.29 is 0 Å². The molecule has 0 amide bonds. The molecular weight excluding hydrogens is 422 g/mol. The van der Waals surface area contributed by atoms with Crippen LogP contribution in [0.4, 0.5) is 5.13 Å². The fourth-order valence-corrected chi connectivity index (χ4v) is 4.62. The van der Waals surface area contributed by atoms with Crippen molar-refractivity contribution in [1.29, 1.82) is 0 Å². The Morgan fingerprint density at radius 3 is 2.71 bits per heavy atom. The number of halogens is 2. The Balaban J connectivity index is 2.37. The first-order valence-electron chi connectivity index (χ1n) is 4.42. The van der Waals surface area contributed by atoms with Crippen molar-refractivity contribution in [2.24, 2.45) is 0 Å². The number of hydrogen-bond acceptors (Lipinski definition) is 3. The van der Waals surface area contributed by atoms with Crippen LogP contribution >= 0.6 is 56.5 Å². The van der Waals surface area contributed by atoms with E-state index in [-0.39, 0.29) is 0 Å². The Bertz CT molecular complexity index is 360. The molecule has 2 rings (SSSR count). The molecule has 1 aliphatic carbocycles. The van der Waals surface area contributed by atoms with Crippen LogP contribution in [0.2, 0.25) is 0 Å². The lowest BCUT2D eigenvalue weighted by atomic mass is 10.1. The monoisotopic (exact) mass is 434 g/mol. The minimum Gasteiger partial charge on any atom is -0.354 e. The summed E-state index contributed by atoms with van der Waals surface area (Å²) in [5, 5.41) is 1.14. The van der Waals surface area contributed by atoms with Gasteiger partial charge in [0, 0.05) is 22.4 Å². The molecule has 2 unspecified atom stereocenters. The third-order valence-electron chi connectivity index (χ3n) is 2.37. The van der Waals surface area contributed by atoms with Gasteiger partial charge in [0.2, 0.25) is 0 Å². The average Bonchev–Trinajstić information content (AvgIpc) is 2.53. The van der Waals surface area contributed by atoms with Crippen LogP contribution in [0.3, 0.4) is 0 Å². The van der Waals surface area contributed by atoms with E-state index >= 15 is 0 Å². The van der Waals surface area contributed by atoms with Gasteiger partial charge in [0.15, 0.2) is 5.13 Å². The van der Waals surface area contributed by atoms with Crippen molar-refractivity contribution in [1.82, 2.24) is 4.98 Å². The summed E-state index contributed by atoms with van der Waals surface area (Å²) in [6.45, 7) is 2.31. The highest BCUT2D eigenvalue weighted by molar-refractivity contribution is 14.1. The number of fused-ring (bicyclic) bond motifs is 1. The molecule has 14 heavy (non-hydrogen) atoms. The quantitative estimate of drug-likeness (QED) is 0.498. The average molecular weight is 434 g/mol. The fraction of sp³-hybridized carbons (Fsp3) is 0.667. The van der Waals surface area contributed by atoms with Crippen LogP contribution in [-0.2, 0) is 6.42 Å². The third-order valence-corrected chi connectivity index (χ3v) is 7.77. The zero-order chi connectivity index (χ0) is 10.5. The maximum absolute atomic E-state index is 4.70. The van der Waals surface area contributed by atoms with E-state index in [0.29, 0.717) is 7.35 Å². The summed E-state index contributed by atoms with van der Waals surface area (Å²) in [6.07, 6.45) is 1.17. The molecule has 0 N–H and O–H groups in total. The molecule has 2 atom stereocenters. The zero-order valence-electron chi connectivity index (χ0n) is 8.34. The van der Waals surface area contributed by atoms with Crippen LogP contribution in [0, 0.1) is 0 Å². The Labute approximate surface area is 116 Å². The molecule has 0 fully saturated rings. The molecule has 0 spiro atoms. The van der Waals surface area contributed by atoms with E-state index in [2.05, 4.69) is 71.1 Å². The second-order valence-corrected chi connectivity index (χ2v) is 8.79. The number of alkyl halides is 2. The predicted molar refractivity (Wildman–Crippen MR) is 79.3 cm³/mol. The maximum atomic E-state index is 4.70. The number of hydrogen-bond donors (Lipinski definition) is 0. The molecule has 1 heterocycles. The Kier molecular flexibility index (Phi) is 3.03. The SMILES string of the molecule is CN(C)c1nc2c(s1)CC(C)(I)C2I. The van der Waals surface area contributed by atoms with Crippen molar-refractivity contribution in [2.45, 2.75) is 20.7 Å². The zero-order valence-corrected chi connectivity index (χ0v) is 13.5. The topological polar surface area (TPSA) is 16.1 Å². The van der Waals surface area contributed by atoms with Crippen LogP contribution in [0.1, 0.15) is 21.4 Å². The second-order valence-electron chi connectivity index (χ2n) is 4.02. The van der Waals surface area contributed by atoms with Crippen LogP contribution in [-0.4, -0.2) is 22.5 Å². The summed E-state index contributed by atoms with van der Waals surface area (Å²) in [6, 6.07) is 0. The number of thiazole rings is 1. The van der Waals surface area contributed by atoms with E-state index in [9.17, 15) is 0 Å². The standard InChI is InChI=1S/C9H12I2N2S/c1-9(11)4-5-6(7(9)10)12-8(14-5)13(2)3/h7H,4H2,1-3H3. The summed E-state index contributed by atoms with van der Waals surface area (Å²) in [5.41, 5.74) is 1.32. The van der Waals surface area contributed by atoms with E-state index in [4.69, 9.17) is 4.98 Å². The fourth-order valence-electron chi connectivity index (χ4n) is 1.56. The summed E-state index contributed by atoms with van der Waals surface area (Å²) in [4.78, 5) is 8.27. The van der Waals surface area contributed by atoms with Crippen molar-refractivity contribution in [3.05, 3.63) is 10.6 Å². The molecule has 0 aliphatic heterocycles. The molecule has 0 radical (unpaired) electrons. The lowest BCUT2D eigenvalue weighted by Gasteiger charge is -2.19. The van der Waals surface area contributed by atoms with E-state index < -0.39 is 0 Å². The molecule has 78 valence electrons. The molecule has 1 aromatic rings. The summed E-state index contributed by atoms with van der Waals surface area (Å²) in [5.74, 6) is 0. The summed E-state index contributed by atoms with van der Waals surface area (Å²) in [7, 11) is 4.11. The van der Waals surface area contributed by atoms with E-state index in [1.165, 1.54) is 17.0 Å². The van der Waals surface area contributed by atoms with Gasteiger partial charge in [-0.3, -0.25) is 0 Å². The van der Waals surface area contributed by atoms with Gasteiger partial charge >= 0.3 is 0 Å². The molecule has 0 saturated heterocycles. The normalized spacial score (nSPS) is 30.5. The first kappa shape index (κ1) is 11.4. The first-order valence-corrected chi connectivity index (χ1v) is 7.56. The van der Waals surface area contributed by atoms with Gasteiger partial charge in [0.05, 0.1) is 9.62 Å². The van der Waals surface area contributed by atoms with Crippen LogP contribution in [0.15, 0.2) is 0 Å². The van der Waals surface area contributed by atoms with Crippen molar-refractivity contribution >= 4 is 61.7 Å². The van der Waals surface area contributed by atoms with Gasteiger partial charge in [-0.25, -0.2) is 4.98 Å². The maximum Gasteiger partial charge on any atom is 0.185 e. The molecule has 1 aliphatic rings. The van der Waals surface area contributed by atoms with Crippen molar-refractivity contribution in [3.8, 4) is 0 Å². The molecule has 2 nitrogen and oxygen atoms in total. The lowest BCUT2D eigenvalue weighted by molar-refractivity contribution is 0.725. The highest BCUT2D eigenvalue weighted by atomic mass is 127. The number of anilines is 1. The lowest BCUT2D eigenvalue weighted by Crippen LogP contribution is -2.18. The van der Waals surface area contributed by atoms with E-state index in [1.54, 1.807) is 0 Å². The Morgan fingerprint density at radius 2 is 2.21 bits per heavy atom. The third kappa shape index (κ3) is 1.79. The largest absolute Gasteiger partial charge is 0.354 e. The van der Waals surface area contributed by atoms with Gasteiger partial charge in [0.25, 0.3) is 0 Å². The van der Waals surface area contributed by atoms with Crippen LogP contribution in [0.25, 0.3) is 0 Å². The van der Waals surface area contributed by atoms with Crippen molar-refractivity contribution in [2.75, 3.05) is 19.0 Å². The Morgan fingerprint density at radius 1 is 1.57 bits per heavy atom. The van der Waals surface area contributed by atoms with Gasteiger partial charge in [-0.2, -0.15) is 0 Å². The van der Waals surface area contributed by atoms with Gasteiger partial charge < -0.3 is 4.90 Å². The summed E-state index contributed by atoms with van der Waals surface area (Å²) >= 11 is 6.92. The number of nitrogens with zero attached hydrogens (tertiary/aromatic N) is 2. The van der Waals surface area contributed by atoms with Gasteiger partial charge in [-0.05, 0) is 13.3 Å². The molecule has 0 saturated carbocycles. The van der Waals surface area contributed by atoms with E-state index in [1.807, 2.05) is 11.3 Å². The molecule has 5 heteroatoms. The highest BCUT2D eigenvalue weighted by Crippen LogP contribution is 2.52. The summed E-state index contributed by atoms with van der Waals surface area (Å²) < 4.78 is 0.915. The Hall–Kier alpha value is 0.890. The smallest absolute Gasteiger partial charge is 0.185 e. The number of rotatable bonds is 1. The number of aromatic nitrogens is 1. The van der Waals surface area contributed by atoms with Gasteiger partial charge in [-0.1, -0.05) is 45.2 Å². The minimum absolute atomic E-state index is 0.358. The molecule has 0 bridgehead atoms. The van der Waals surface area contributed by atoms with Crippen LogP contribution in [0.5, 0.6) is 0 Å². The molecule has 0 aromatic carbocycles. The minimum atomic E-state index is 0.358. The van der Waals surface area contributed by atoms with Crippen LogP contribution < -0.4 is 4.90 Å². The van der Waals surface area contributed by atoms with Gasteiger partial charge in [-0.15, -0.1) is 11.3 Å². The molecular formula is C9H12I2N2S. The predicted octanol–water partition coefficient (Wildman–Crippen LogP) is 3.44. The first-order chi connectivity index (χ1) is 6.42. The van der Waals surface area contributed by atoms with Gasteiger partial charge in [0.1, 0.15) is 0 Å². The highest BCUT2D eigenvalue weighted by Gasteiger charge is 2.41. The molecule has 1 aromatic heterocycles. The van der Waals surface area contributed by atoms with Crippen molar-refractivity contribution in [3.63, 3.8) is 0 Å². The van der Waals surface area contributed by atoms with E-state index in [0.717, 1.165) is 5.13 Å².